The lowest BCUT2D eigenvalue weighted by Gasteiger charge is -2.08. The van der Waals surface area contributed by atoms with Gasteiger partial charge in [-0.05, 0) is 31.7 Å². The van der Waals surface area contributed by atoms with Crippen molar-refractivity contribution in [3.63, 3.8) is 0 Å². The molecule has 0 unspecified atom stereocenters. The molecule has 2 N–H and O–H groups in total. The van der Waals surface area contributed by atoms with Gasteiger partial charge in [-0.15, -0.1) is 0 Å². The molecule has 20 heavy (non-hydrogen) atoms. The summed E-state index contributed by atoms with van der Waals surface area (Å²) >= 11 is 0. The van der Waals surface area contributed by atoms with Crippen LogP contribution in [0.5, 0.6) is 0 Å². The second-order valence-electron chi connectivity index (χ2n) is 4.52. The average molecular weight is 295 g/mol. The van der Waals surface area contributed by atoms with E-state index >= 15 is 0 Å². The van der Waals surface area contributed by atoms with E-state index in [1.54, 1.807) is 25.1 Å². The average Bonchev–Trinajstić information content (AvgIpc) is 2.74. The van der Waals surface area contributed by atoms with Crippen molar-refractivity contribution in [2.24, 2.45) is 0 Å². The van der Waals surface area contributed by atoms with E-state index in [1.807, 2.05) is 19.2 Å². The van der Waals surface area contributed by atoms with Crippen LogP contribution in [0.1, 0.15) is 17.0 Å². The van der Waals surface area contributed by atoms with Crippen LogP contribution in [0.4, 0.5) is 5.69 Å². The Labute approximate surface area is 118 Å². The molecule has 0 aliphatic heterocycles. The van der Waals surface area contributed by atoms with Crippen LogP contribution in [0, 0.1) is 6.92 Å². The Morgan fingerprint density at radius 2 is 2.10 bits per heavy atom. The minimum Gasteiger partial charge on any atom is -0.361 e. The number of aryl methyl sites for hydroxylation is 1. The first kappa shape index (κ1) is 14.5. The molecule has 0 aliphatic rings. The zero-order chi connectivity index (χ0) is 14.6. The number of hydrogen-bond acceptors (Lipinski definition) is 5. The van der Waals surface area contributed by atoms with E-state index < -0.39 is 10.0 Å². The van der Waals surface area contributed by atoms with Gasteiger partial charge in [0.1, 0.15) is 17.2 Å². The summed E-state index contributed by atoms with van der Waals surface area (Å²) in [5.74, 6) is 0.381. The molecule has 1 aromatic heterocycles. The Hall–Kier alpha value is -1.86. The largest absolute Gasteiger partial charge is 0.361 e. The van der Waals surface area contributed by atoms with E-state index in [0.717, 1.165) is 5.56 Å². The Balaban J connectivity index is 2.09. The molecule has 0 saturated carbocycles. The lowest BCUT2D eigenvalue weighted by Crippen LogP contribution is -2.15. The Morgan fingerprint density at radius 1 is 1.30 bits per heavy atom. The molecule has 0 amide bonds. The van der Waals surface area contributed by atoms with Crippen LogP contribution in [0.15, 0.2) is 34.9 Å². The Bertz CT molecular complexity index is 680. The number of nitrogens with one attached hydrogen (secondary N) is 2. The van der Waals surface area contributed by atoms with Gasteiger partial charge >= 0.3 is 0 Å². The van der Waals surface area contributed by atoms with Crippen molar-refractivity contribution < 1.29 is 12.9 Å². The summed E-state index contributed by atoms with van der Waals surface area (Å²) in [6.07, 6.45) is 0. The quantitative estimate of drug-likeness (QED) is 0.846. The highest BCUT2D eigenvalue weighted by atomic mass is 32.2. The third kappa shape index (κ3) is 4.07. The van der Waals surface area contributed by atoms with Gasteiger partial charge < -0.3 is 9.84 Å². The van der Waals surface area contributed by atoms with Gasteiger partial charge in [0.2, 0.25) is 10.0 Å². The van der Waals surface area contributed by atoms with Gasteiger partial charge in [-0.25, -0.2) is 8.42 Å². The number of hydrogen-bond donors (Lipinski definition) is 2. The summed E-state index contributed by atoms with van der Waals surface area (Å²) in [7, 11) is -1.66. The first-order valence-corrected chi connectivity index (χ1v) is 7.80. The predicted molar refractivity (Wildman–Crippen MR) is 76.7 cm³/mol. The molecular weight excluding hydrogens is 278 g/mol. The van der Waals surface area contributed by atoms with Gasteiger partial charge in [0.05, 0.1) is 0 Å². The summed E-state index contributed by atoms with van der Waals surface area (Å²) in [4.78, 5) is 0. The van der Waals surface area contributed by atoms with Gasteiger partial charge in [0, 0.05) is 18.3 Å². The Kier molecular flexibility index (Phi) is 4.41. The van der Waals surface area contributed by atoms with Gasteiger partial charge in [-0.1, -0.05) is 17.3 Å². The van der Waals surface area contributed by atoms with Crippen molar-refractivity contribution in [2.75, 3.05) is 11.8 Å². The molecule has 0 aliphatic carbocycles. The molecule has 0 bridgehead atoms. The van der Waals surface area contributed by atoms with Crippen molar-refractivity contribution in [2.45, 2.75) is 19.2 Å². The van der Waals surface area contributed by atoms with E-state index in [4.69, 9.17) is 4.52 Å². The number of anilines is 1. The van der Waals surface area contributed by atoms with Crippen LogP contribution in [0.2, 0.25) is 0 Å². The molecule has 1 heterocycles. The van der Waals surface area contributed by atoms with Crippen molar-refractivity contribution in [3.05, 3.63) is 47.3 Å². The minimum atomic E-state index is -3.50. The van der Waals surface area contributed by atoms with Gasteiger partial charge in [-0.2, -0.15) is 0 Å². The lowest BCUT2D eigenvalue weighted by molar-refractivity contribution is 0.392. The molecule has 2 rings (SSSR count). The maximum atomic E-state index is 12.0. The first-order valence-electron chi connectivity index (χ1n) is 6.15. The van der Waals surface area contributed by atoms with Crippen LogP contribution >= 0.6 is 0 Å². The molecule has 0 fully saturated rings. The molecule has 0 atom stereocenters. The number of rotatable bonds is 6. The maximum Gasteiger partial charge on any atom is 0.238 e. The molecule has 0 radical (unpaired) electrons. The second kappa shape index (κ2) is 6.06. The zero-order valence-electron chi connectivity index (χ0n) is 11.4. The smallest absolute Gasteiger partial charge is 0.238 e. The standard InChI is InChI=1S/C13H17N3O3S/c1-10-6-13(15-19-10)9-20(17,18)16-12-5-3-4-11(7-12)8-14-2/h3-7,14,16H,8-9H2,1-2H3. The summed E-state index contributed by atoms with van der Waals surface area (Å²) in [6, 6.07) is 8.85. The van der Waals surface area contributed by atoms with Gasteiger partial charge in [-0.3, -0.25) is 4.72 Å². The van der Waals surface area contributed by atoms with Crippen molar-refractivity contribution in [1.82, 2.24) is 10.5 Å². The summed E-state index contributed by atoms with van der Waals surface area (Å²) in [5.41, 5.74) is 1.93. The fraction of sp³-hybridized carbons (Fsp3) is 0.308. The van der Waals surface area contributed by atoms with Crippen LogP contribution in [0.3, 0.4) is 0 Å². The zero-order valence-corrected chi connectivity index (χ0v) is 12.2. The fourth-order valence-electron chi connectivity index (χ4n) is 1.85. The normalized spacial score (nSPS) is 11.5. The fourth-order valence-corrected chi connectivity index (χ4v) is 2.93. The third-order valence-corrected chi connectivity index (χ3v) is 3.82. The van der Waals surface area contributed by atoms with Crippen LogP contribution < -0.4 is 10.0 Å². The second-order valence-corrected chi connectivity index (χ2v) is 6.24. The maximum absolute atomic E-state index is 12.0. The van der Waals surface area contributed by atoms with Crippen molar-refractivity contribution >= 4 is 15.7 Å². The predicted octanol–water partition coefficient (Wildman–Crippen LogP) is 1.64. The minimum absolute atomic E-state index is 0.208. The van der Waals surface area contributed by atoms with Crippen molar-refractivity contribution in [1.29, 1.82) is 0 Å². The van der Waals surface area contributed by atoms with Crippen LogP contribution in [-0.2, 0) is 22.3 Å². The van der Waals surface area contributed by atoms with Gasteiger partial charge in [0.25, 0.3) is 0 Å². The van der Waals surface area contributed by atoms with E-state index in [1.165, 1.54) is 0 Å². The summed E-state index contributed by atoms with van der Waals surface area (Å²) < 4.78 is 31.5. The number of aromatic nitrogens is 1. The molecule has 2 aromatic rings. The molecule has 0 saturated heterocycles. The number of benzene rings is 1. The Morgan fingerprint density at radius 3 is 2.75 bits per heavy atom. The highest BCUT2D eigenvalue weighted by Crippen LogP contribution is 2.14. The molecule has 7 heteroatoms. The molecule has 6 nitrogen and oxygen atoms in total. The highest BCUT2D eigenvalue weighted by molar-refractivity contribution is 7.91. The van der Waals surface area contributed by atoms with Gasteiger partial charge in [0.15, 0.2) is 0 Å². The van der Waals surface area contributed by atoms with E-state index in [2.05, 4.69) is 15.2 Å². The monoisotopic (exact) mass is 295 g/mol. The van der Waals surface area contributed by atoms with E-state index in [0.29, 0.717) is 23.7 Å². The molecular formula is C13H17N3O3S. The third-order valence-electron chi connectivity index (χ3n) is 2.60. The van der Waals surface area contributed by atoms with Crippen LogP contribution in [0.25, 0.3) is 0 Å². The molecule has 108 valence electrons. The topological polar surface area (TPSA) is 84.2 Å². The highest BCUT2D eigenvalue weighted by Gasteiger charge is 2.14. The number of sulfonamides is 1. The summed E-state index contributed by atoms with van der Waals surface area (Å²) in [5, 5.41) is 6.70. The lowest BCUT2D eigenvalue weighted by atomic mass is 10.2. The SMILES string of the molecule is CNCc1cccc(NS(=O)(=O)Cc2cc(C)on2)c1. The van der Waals surface area contributed by atoms with Crippen molar-refractivity contribution in [3.8, 4) is 0 Å². The first-order chi connectivity index (χ1) is 9.48. The van der Waals surface area contributed by atoms with Crippen LogP contribution in [-0.4, -0.2) is 20.6 Å². The molecule has 1 aromatic carbocycles. The van der Waals surface area contributed by atoms with E-state index in [9.17, 15) is 8.42 Å². The molecule has 0 spiro atoms. The summed E-state index contributed by atoms with van der Waals surface area (Å²) in [6.45, 7) is 2.40. The number of nitrogens with zero attached hydrogens (tertiary/aromatic N) is 1. The van der Waals surface area contributed by atoms with E-state index in [-0.39, 0.29) is 5.75 Å².